The molecule has 5 heteroatoms. The molecule has 0 saturated carbocycles. The number of rotatable bonds is 3. The second-order valence-electron chi connectivity index (χ2n) is 4.42. The van der Waals surface area contributed by atoms with E-state index in [-0.39, 0.29) is 12.2 Å². The van der Waals surface area contributed by atoms with Gasteiger partial charge in [-0.25, -0.2) is 4.98 Å². The first-order chi connectivity index (χ1) is 8.67. The van der Waals surface area contributed by atoms with Crippen LogP contribution in [-0.2, 0) is 9.47 Å². The van der Waals surface area contributed by atoms with E-state index in [0.29, 0.717) is 5.56 Å². The molecule has 0 spiro atoms. The van der Waals surface area contributed by atoms with E-state index in [1.165, 1.54) is 0 Å². The quantitative estimate of drug-likeness (QED) is 0.801. The van der Waals surface area contributed by atoms with Gasteiger partial charge in [0.25, 0.3) is 0 Å². The van der Waals surface area contributed by atoms with Gasteiger partial charge in [0.1, 0.15) is 18.0 Å². The fourth-order valence-electron chi connectivity index (χ4n) is 2.26. The number of methoxy groups -OCH3 is 2. The molecule has 1 aromatic rings. The normalized spacial score (nSPS) is 23.1. The molecule has 0 radical (unpaired) electrons. The maximum Gasteiger partial charge on any atom is 0.130 e. The average molecular weight is 247 g/mol. The van der Waals surface area contributed by atoms with E-state index in [2.05, 4.69) is 16.0 Å². The van der Waals surface area contributed by atoms with Gasteiger partial charge >= 0.3 is 0 Å². The van der Waals surface area contributed by atoms with Crippen molar-refractivity contribution in [3.63, 3.8) is 0 Å². The minimum Gasteiger partial charge on any atom is -0.377 e. The van der Waals surface area contributed by atoms with Gasteiger partial charge in [-0.15, -0.1) is 0 Å². The summed E-state index contributed by atoms with van der Waals surface area (Å²) in [5.41, 5.74) is 1.48. The van der Waals surface area contributed by atoms with E-state index in [0.717, 1.165) is 24.6 Å². The van der Waals surface area contributed by atoms with Crippen molar-refractivity contribution in [3.8, 4) is 6.07 Å². The number of aryl methyl sites for hydroxylation is 1. The van der Waals surface area contributed by atoms with Gasteiger partial charge in [-0.3, -0.25) is 0 Å². The molecule has 0 aliphatic carbocycles. The van der Waals surface area contributed by atoms with Gasteiger partial charge in [0.15, 0.2) is 0 Å². The highest BCUT2D eigenvalue weighted by Gasteiger charge is 2.33. The number of ether oxygens (including phenoxy) is 2. The van der Waals surface area contributed by atoms with Crippen LogP contribution in [0.25, 0.3) is 0 Å². The van der Waals surface area contributed by atoms with Crippen LogP contribution < -0.4 is 4.90 Å². The molecule has 1 saturated heterocycles. The van der Waals surface area contributed by atoms with E-state index in [4.69, 9.17) is 14.7 Å². The number of hydrogen-bond donors (Lipinski definition) is 0. The zero-order valence-electron chi connectivity index (χ0n) is 10.9. The summed E-state index contributed by atoms with van der Waals surface area (Å²) in [5, 5.41) is 8.98. The third-order valence-electron chi connectivity index (χ3n) is 3.21. The lowest BCUT2D eigenvalue weighted by Gasteiger charge is -2.17. The van der Waals surface area contributed by atoms with Crippen molar-refractivity contribution in [2.24, 2.45) is 0 Å². The number of nitriles is 1. The number of hydrogen-bond acceptors (Lipinski definition) is 5. The van der Waals surface area contributed by atoms with E-state index < -0.39 is 0 Å². The van der Waals surface area contributed by atoms with Crippen molar-refractivity contribution in [3.05, 3.63) is 23.4 Å². The minimum atomic E-state index is 0.0443. The largest absolute Gasteiger partial charge is 0.377 e. The SMILES string of the molecule is COC1CN(c2cc(C#N)cc(C)n2)CC1OC. The van der Waals surface area contributed by atoms with Gasteiger partial charge in [0, 0.05) is 33.0 Å². The molecule has 18 heavy (non-hydrogen) atoms. The topological polar surface area (TPSA) is 58.4 Å². The Balaban J connectivity index is 2.23. The molecule has 1 fully saturated rings. The highest BCUT2D eigenvalue weighted by molar-refractivity contribution is 5.48. The lowest BCUT2D eigenvalue weighted by molar-refractivity contribution is -0.00461. The molecule has 1 aromatic heterocycles. The molecule has 2 unspecified atom stereocenters. The summed E-state index contributed by atoms with van der Waals surface area (Å²) in [6.45, 7) is 3.36. The van der Waals surface area contributed by atoms with Gasteiger partial charge in [0.2, 0.25) is 0 Å². The van der Waals surface area contributed by atoms with Crippen molar-refractivity contribution >= 4 is 5.82 Å². The smallest absolute Gasteiger partial charge is 0.130 e. The lowest BCUT2D eigenvalue weighted by Crippen LogP contribution is -2.27. The molecule has 0 N–H and O–H groups in total. The number of pyridine rings is 1. The molecular weight excluding hydrogens is 230 g/mol. The van der Waals surface area contributed by atoms with Crippen LogP contribution in [0.1, 0.15) is 11.3 Å². The zero-order valence-corrected chi connectivity index (χ0v) is 10.9. The van der Waals surface area contributed by atoms with Crippen LogP contribution in [-0.4, -0.2) is 44.5 Å². The Labute approximate surface area is 107 Å². The van der Waals surface area contributed by atoms with Crippen molar-refractivity contribution < 1.29 is 9.47 Å². The third-order valence-corrected chi connectivity index (χ3v) is 3.21. The van der Waals surface area contributed by atoms with E-state index >= 15 is 0 Å². The first kappa shape index (κ1) is 12.8. The molecule has 2 heterocycles. The molecule has 0 amide bonds. The maximum atomic E-state index is 8.98. The number of aromatic nitrogens is 1. The van der Waals surface area contributed by atoms with Gasteiger partial charge in [-0.1, -0.05) is 0 Å². The highest BCUT2D eigenvalue weighted by Crippen LogP contribution is 2.23. The van der Waals surface area contributed by atoms with Crippen LogP contribution in [0.3, 0.4) is 0 Å². The van der Waals surface area contributed by atoms with Crippen molar-refractivity contribution in [2.45, 2.75) is 19.1 Å². The molecule has 0 bridgehead atoms. The Bertz CT molecular complexity index is 458. The van der Waals surface area contributed by atoms with Crippen LogP contribution >= 0.6 is 0 Å². The van der Waals surface area contributed by atoms with Crippen LogP contribution in [0.15, 0.2) is 12.1 Å². The predicted molar refractivity (Wildman–Crippen MR) is 67.5 cm³/mol. The highest BCUT2D eigenvalue weighted by atomic mass is 16.5. The first-order valence-corrected chi connectivity index (χ1v) is 5.87. The Morgan fingerprint density at radius 2 is 1.89 bits per heavy atom. The maximum absolute atomic E-state index is 8.98. The van der Waals surface area contributed by atoms with Gasteiger partial charge in [-0.05, 0) is 19.1 Å². The van der Waals surface area contributed by atoms with Crippen LogP contribution in [0, 0.1) is 18.3 Å². The molecule has 5 nitrogen and oxygen atoms in total. The zero-order chi connectivity index (χ0) is 13.1. The molecule has 0 aromatic carbocycles. The van der Waals surface area contributed by atoms with Crippen LogP contribution in [0.2, 0.25) is 0 Å². The minimum absolute atomic E-state index is 0.0443. The molecule has 2 rings (SSSR count). The molecular formula is C13H17N3O2. The van der Waals surface area contributed by atoms with Gasteiger partial charge < -0.3 is 14.4 Å². The van der Waals surface area contributed by atoms with Crippen molar-refractivity contribution in [2.75, 3.05) is 32.2 Å². The summed E-state index contributed by atoms with van der Waals surface area (Å²) in [6, 6.07) is 5.74. The van der Waals surface area contributed by atoms with Crippen molar-refractivity contribution in [1.82, 2.24) is 4.98 Å². The van der Waals surface area contributed by atoms with E-state index in [9.17, 15) is 0 Å². The summed E-state index contributed by atoms with van der Waals surface area (Å²) < 4.78 is 10.8. The third kappa shape index (κ3) is 2.45. The summed E-state index contributed by atoms with van der Waals surface area (Å²) in [5.74, 6) is 0.813. The Morgan fingerprint density at radius 3 is 2.39 bits per heavy atom. The second kappa shape index (κ2) is 5.34. The lowest BCUT2D eigenvalue weighted by atomic mass is 10.2. The number of anilines is 1. The average Bonchev–Trinajstić information content (AvgIpc) is 2.81. The second-order valence-corrected chi connectivity index (χ2v) is 4.42. The van der Waals surface area contributed by atoms with E-state index in [1.807, 2.05) is 6.92 Å². The predicted octanol–water partition coefficient (Wildman–Crippen LogP) is 1.11. The fourth-order valence-corrected chi connectivity index (χ4v) is 2.26. The molecule has 1 aliphatic heterocycles. The number of nitrogens with zero attached hydrogens (tertiary/aromatic N) is 3. The molecule has 2 atom stereocenters. The fraction of sp³-hybridized carbons (Fsp3) is 0.538. The Morgan fingerprint density at radius 1 is 1.28 bits per heavy atom. The van der Waals surface area contributed by atoms with E-state index in [1.54, 1.807) is 26.4 Å². The van der Waals surface area contributed by atoms with Gasteiger partial charge in [0.05, 0.1) is 11.6 Å². The van der Waals surface area contributed by atoms with Crippen LogP contribution in [0.5, 0.6) is 0 Å². The first-order valence-electron chi connectivity index (χ1n) is 5.87. The molecule has 96 valence electrons. The Kier molecular flexibility index (Phi) is 3.80. The summed E-state index contributed by atoms with van der Waals surface area (Å²) in [6.07, 6.45) is 0.0886. The van der Waals surface area contributed by atoms with Gasteiger partial charge in [-0.2, -0.15) is 5.26 Å². The summed E-state index contributed by atoms with van der Waals surface area (Å²) in [7, 11) is 3.37. The summed E-state index contributed by atoms with van der Waals surface area (Å²) >= 11 is 0. The standard InChI is InChI=1S/C13H17N3O2/c1-9-4-10(6-14)5-13(15-9)16-7-11(17-2)12(8-16)18-3/h4-5,11-12H,7-8H2,1-3H3. The van der Waals surface area contributed by atoms with Crippen molar-refractivity contribution in [1.29, 1.82) is 5.26 Å². The molecule has 1 aliphatic rings. The van der Waals surface area contributed by atoms with Crippen LogP contribution in [0.4, 0.5) is 5.82 Å². The summed E-state index contributed by atoms with van der Waals surface area (Å²) in [4.78, 5) is 6.56. The Hall–Kier alpha value is -1.64. The monoisotopic (exact) mass is 247 g/mol.